The smallest absolute Gasteiger partial charge is 0.260 e. The lowest BCUT2D eigenvalue weighted by molar-refractivity contribution is -0.605. The predicted molar refractivity (Wildman–Crippen MR) is 111 cm³/mol. The fraction of sp³-hybridized carbons (Fsp3) is 0.286. The molecule has 1 amide bonds. The van der Waals surface area contributed by atoms with Gasteiger partial charge in [0.2, 0.25) is 0 Å². The molecule has 4 rings (SSSR count). The Morgan fingerprint density at radius 3 is 2.66 bits per heavy atom. The number of nitrogens with zero attached hydrogens (tertiary/aromatic N) is 4. The van der Waals surface area contributed by atoms with Crippen molar-refractivity contribution in [1.82, 2.24) is 14.8 Å². The van der Waals surface area contributed by atoms with E-state index in [0.717, 1.165) is 41.6 Å². The van der Waals surface area contributed by atoms with Crippen LogP contribution in [0.3, 0.4) is 0 Å². The molecule has 1 aromatic carbocycles. The molecule has 0 spiro atoms. The zero-order valence-electron chi connectivity index (χ0n) is 16.2. The molecule has 8 heteroatoms. The molecule has 1 fully saturated rings. The second-order valence-electron chi connectivity index (χ2n) is 6.89. The molecule has 3 aromatic rings. The molecular weight excluding hydrogens is 388 g/mol. The number of ether oxygens (including phenoxy) is 1. The average Bonchev–Trinajstić information content (AvgIpc) is 3.22. The van der Waals surface area contributed by atoms with Gasteiger partial charge in [-0.15, -0.1) is 11.3 Å². The van der Waals surface area contributed by atoms with Crippen molar-refractivity contribution in [3.05, 3.63) is 70.6 Å². The molecule has 0 N–H and O–H groups in total. The SMILES string of the molecule is COc1ccc(-c2nc(CN3CCN(C(=O)c4ccc[n+]([O-])c4)CC3)cs2)cc1. The maximum atomic E-state index is 12.6. The zero-order valence-corrected chi connectivity index (χ0v) is 17.0. The van der Waals surface area contributed by atoms with Gasteiger partial charge in [0.1, 0.15) is 16.3 Å². The number of hydrogen-bond acceptors (Lipinski definition) is 6. The van der Waals surface area contributed by atoms with Crippen molar-refractivity contribution in [3.63, 3.8) is 0 Å². The number of methoxy groups -OCH3 is 1. The van der Waals surface area contributed by atoms with Crippen molar-refractivity contribution >= 4 is 17.2 Å². The standard InChI is InChI=1S/C21H22N4O3S/c1-28-19-6-4-16(5-7-19)20-22-18(15-29-20)14-23-9-11-24(12-10-23)21(26)17-3-2-8-25(27)13-17/h2-8,13,15H,9-12,14H2,1H3. The van der Waals surface area contributed by atoms with E-state index in [0.29, 0.717) is 23.4 Å². The molecule has 1 aliphatic rings. The van der Waals surface area contributed by atoms with Gasteiger partial charge < -0.3 is 14.8 Å². The Kier molecular flexibility index (Phi) is 5.73. The van der Waals surface area contributed by atoms with Gasteiger partial charge in [-0.2, -0.15) is 4.73 Å². The first-order valence-corrected chi connectivity index (χ1v) is 10.3. The molecule has 0 atom stereocenters. The van der Waals surface area contributed by atoms with Crippen LogP contribution in [0.1, 0.15) is 16.1 Å². The van der Waals surface area contributed by atoms with Crippen LogP contribution in [-0.2, 0) is 6.54 Å². The zero-order chi connectivity index (χ0) is 20.2. The molecule has 2 aromatic heterocycles. The second-order valence-corrected chi connectivity index (χ2v) is 7.75. The van der Waals surface area contributed by atoms with Gasteiger partial charge in [-0.05, 0) is 30.3 Å². The largest absolute Gasteiger partial charge is 0.619 e. The number of pyridine rings is 1. The summed E-state index contributed by atoms with van der Waals surface area (Å²) in [5, 5.41) is 14.5. The van der Waals surface area contributed by atoms with E-state index < -0.39 is 0 Å². The molecule has 1 aliphatic heterocycles. The highest BCUT2D eigenvalue weighted by molar-refractivity contribution is 7.13. The van der Waals surface area contributed by atoms with Crippen LogP contribution in [0, 0.1) is 5.21 Å². The average molecular weight is 410 g/mol. The quantitative estimate of drug-likeness (QED) is 0.477. The highest BCUT2D eigenvalue weighted by atomic mass is 32.1. The lowest BCUT2D eigenvalue weighted by atomic mass is 10.2. The molecule has 150 valence electrons. The van der Waals surface area contributed by atoms with Crippen LogP contribution in [0.4, 0.5) is 0 Å². The van der Waals surface area contributed by atoms with Crippen molar-refractivity contribution in [2.75, 3.05) is 33.3 Å². The van der Waals surface area contributed by atoms with Gasteiger partial charge in [0.05, 0.1) is 12.8 Å². The number of benzene rings is 1. The molecule has 1 saturated heterocycles. The topological polar surface area (TPSA) is 72.6 Å². The van der Waals surface area contributed by atoms with Crippen LogP contribution in [0.25, 0.3) is 10.6 Å². The highest BCUT2D eigenvalue weighted by Gasteiger charge is 2.23. The first kappa shape index (κ1) is 19.4. The molecule has 3 heterocycles. The van der Waals surface area contributed by atoms with Gasteiger partial charge in [0.15, 0.2) is 12.4 Å². The van der Waals surface area contributed by atoms with Crippen LogP contribution >= 0.6 is 11.3 Å². The maximum absolute atomic E-state index is 12.6. The molecular formula is C21H22N4O3S. The van der Waals surface area contributed by atoms with Crippen LogP contribution in [0.2, 0.25) is 0 Å². The van der Waals surface area contributed by atoms with Crippen LogP contribution in [0.5, 0.6) is 5.75 Å². The molecule has 7 nitrogen and oxygen atoms in total. The first-order chi connectivity index (χ1) is 14.1. The fourth-order valence-electron chi connectivity index (χ4n) is 3.35. The Morgan fingerprint density at radius 2 is 1.97 bits per heavy atom. The fourth-order valence-corrected chi connectivity index (χ4v) is 4.16. The third-order valence-electron chi connectivity index (χ3n) is 4.96. The molecule has 29 heavy (non-hydrogen) atoms. The summed E-state index contributed by atoms with van der Waals surface area (Å²) in [5.41, 5.74) is 2.55. The summed E-state index contributed by atoms with van der Waals surface area (Å²) in [6.07, 6.45) is 2.70. The van der Waals surface area contributed by atoms with Gasteiger partial charge in [0.25, 0.3) is 5.91 Å². The normalized spacial score (nSPS) is 14.7. The summed E-state index contributed by atoms with van der Waals surface area (Å²) in [6.45, 7) is 3.61. The minimum atomic E-state index is -0.0923. The van der Waals surface area contributed by atoms with Crippen molar-refractivity contribution in [1.29, 1.82) is 0 Å². The third-order valence-corrected chi connectivity index (χ3v) is 5.90. The van der Waals surface area contributed by atoms with Crippen molar-refractivity contribution in [2.24, 2.45) is 0 Å². The van der Waals surface area contributed by atoms with Crippen LogP contribution < -0.4 is 9.47 Å². The summed E-state index contributed by atoms with van der Waals surface area (Å²) in [6, 6.07) is 11.2. The molecule has 0 radical (unpaired) electrons. The van der Waals surface area contributed by atoms with Gasteiger partial charge in [0, 0.05) is 49.7 Å². The van der Waals surface area contributed by atoms with E-state index in [1.807, 2.05) is 24.3 Å². The van der Waals surface area contributed by atoms with Gasteiger partial charge in [-0.25, -0.2) is 4.98 Å². The Labute approximate surface area is 173 Å². The molecule has 0 aliphatic carbocycles. The summed E-state index contributed by atoms with van der Waals surface area (Å²) < 4.78 is 5.86. The van der Waals surface area contributed by atoms with Crippen LogP contribution in [-0.4, -0.2) is 54.0 Å². The Balaban J connectivity index is 1.33. The Hall–Kier alpha value is -2.97. The van der Waals surface area contributed by atoms with Crippen molar-refractivity contribution in [2.45, 2.75) is 6.54 Å². The lowest BCUT2D eigenvalue weighted by Gasteiger charge is -2.34. The molecule has 0 bridgehead atoms. The van der Waals surface area contributed by atoms with E-state index in [1.165, 1.54) is 12.4 Å². The number of carbonyl (C=O) groups is 1. The minimum absolute atomic E-state index is 0.0923. The Bertz CT molecular complexity index is 982. The second kappa shape index (κ2) is 8.59. The number of rotatable bonds is 5. The number of hydrogen-bond donors (Lipinski definition) is 0. The maximum Gasteiger partial charge on any atom is 0.260 e. The van der Waals surface area contributed by atoms with E-state index in [-0.39, 0.29) is 5.91 Å². The highest BCUT2D eigenvalue weighted by Crippen LogP contribution is 2.26. The minimum Gasteiger partial charge on any atom is -0.619 e. The summed E-state index contributed by atoms with van der Waals surface area (Å²) in [4.78, 5) is 21.4. The van der Waals surface area contributed by atoms with Gasteiger partial charge in [-0.3, -0.25) is 9.69 Å². The summed E-state index contributed by atoms with van der Waals surface area (Å²) in [7, 11) is 1.66. The van der Waals surface area contributed by atoms with Gasteiger partial charge in [-0.1, -0.05) is 0 Å². The van der Waals surface area contributed by atoms with E-state index in [1.54, 1.807) is 35.5 Å². The molecule has 0 saturated carbocycles. The number of carbonyl (C=O) groups excluding carboxylic acids is 1. The van der Waals surface area contributed by atoms with Crippen molar-refractivity contribution < 1.29 is 14.3 Å². The van der Waals surface area contributed by atoms with E-state index in [2.05, 4.69) is 10.3 Å². The monoisotopic (exact) mass is 410 g/mol. The summed E-state index contributed by atoms with van der Waals surface area (Å²) >= 11 is 1.63. The lowest BCUT2D eigenvalue weighted by Crippen LogP contribution is -2.48. The third kappa shape index (κ3) is 4.55. The van der Waals surface area contributed by atoms with Crippen LogP contribution in [0.15, 0.2) is 54.2 Å². The number of amides is 1. The van der Waals surface area contributed by atoms with Gasteiger partial charge >= 0.3 is 0 Å². The summed E-state index contributed by atoms with van der Waals surface area (Å²) in [5.74, 6) is 0.740. The van der Waals surface area contributed by atoms with Crippen molar-refractivity contribution in [3.8, 4) is 16.3 Å². The molecule has 0 unspecified atom stereocenters. The Morgan fingerprint density at radius 1 is 1.21 bits per heavy atom. The number of thiazole rings is 1. The number of aromatic nitrogens is 2. The predicted octanol–water partition coefficient (Wildman–Crippen LogP) is 2.41. The van der Waals surface area contributed by atoms with E-state index in [4.69, 9.17) is 9.72 Å². The van der Waals surface area contributed by atoms with E-state index >= 15 is 0 Å². The first-order valence-electron chi connectivity index (χ1n) is 9.41. The van der Waals surface area contributed by atoms with E-state index in [9.17, 15) is 10.0 Å². The number of piperazine rings is 1.